The van der Waals surface area contributed by atoms with Gasteiger partial charge in [-0.3, -0.25) is 4.79 Å². The van der Waals surface area contributed by atoms with E-state index in [-0.39, 0.29) is 11.4 Å². The zero-order valence-corrected chi connectivity index (χ0v) is 14.2. The molecule has 138 valence electrons. The minimum Gasteiger partial charge on any atom is -0.370 e. The lowest BCUT2D eigenvalue weighted by molar-refractivity contribution is -0.136. The quantitative estimate of drug-likeness (QED) is 0.857. The number of anilines is 2. The molecular formula is C19H20F3N3O. The fraction of sp³-hybridized carbons (Fsp3) is 0.368. The Balaban J connectivity index is 1.73. The third-order valence-corrected chi connectivity index (χ3v) is 4.43. The van der Waals surface area contributed by atoms with Gasteiger partial charge in [0.2, 0.25) is 0 Å². The number of para-hydroxylation sites is 1. The number of amides is 1. The fourth-order valence-corrected chi connectivity index (χ4v) is 3.06. The Labute approximate surface area is 150 Å². The van der Waals surface area contributed by atoms with Crippen LogP contribution in [-0.4, -0.2) is 24.0 Å². The van der Waals surface area contributed by atoms with Gasteiger partial charge in [-0.15, -0.1) is 0 Å². The maximum atomic E-state index is 13.0. The van der Waals surface area contributed by atoms with Crippen LogP contribution in [0.25, 0.3) is 0 Å². The van der Waals surface area contributed by atoms with Crippen molar-refractivity contribution in [2.45, 2.75) is 31.9 Å². The summed E-state index contributed by atoms with van der Waals surface area (Å²) in [6.45, 7) is 1.90. The number of aromatic nitrogens is 1. The molecular weight excluding hydrogens is 343 g/mol. The first kappa shape index (κ1) is 18.2. The van der Waals surface area contributed by atoms with Gasteiger partial charge in [0.05, 0.1) is 23.1 Å². The van der Waals surface area contributed by atoms with Crippen molar-refractivity contribution in [3.63, 3.8) is 0 Å². The molecule has 1 aliphatic heterocycles. The van der Waals surface area contributed by atoms with E-state index in [0.29, 0.717) is 0 Å². The SMILES string of the molecule is O=C(Nc1ccccc1C(F)(F)F)c1ccc(N2CCCCCC2)cn1. The maximum absolute atomic E-state index is 13.0. The summed E-state index contributed by atoms with van der Waals surface area (Å²) in [7, 11) is 0. The lowest BCUT2D eigenvalue weighted by Gasteiger charge is -2.22. The van der Waals surface area contributed by atoms with Gasteiger partial charge in [0, 0.05) is 13.1 Å². The molecule has 1 aromatic carbocycles. The first-order valence-electron chi connectivity index (χ1n) is 8.64. The number of halogens is 3. The van der Waals surface area contributed by atoms with Crippen molar-refractivity contribution >= 4 is 17.3 Å². The Morgan fingerprint density at radius 3 is 2.31 bits per heavy atom. The number of rotatable bonds is 3. The van der Waals surface area contributed by atoms with Crippen LogP contribution in [0.4, 0.5) is 24.5 Å². The van der Waals surface area contributed by atoms with E-state index in [9.17, 15) is 18.0 Å². The Morgan fingerprint density at radius 1 is 1.00 bits per heavy atom. The third kappa shape index (κ3) is 4.33. The van der Waals surface area contributed by atoms with Gasteiger partial charge in [-0.2, -0.15) is 13.2 Å². The van der Waals surface area contributed by atoms with Crippen LogP contribution in [-0.2, 0) is 6.18 Å². The number of alkyl halides is 3. The Bertz CT molecular complexity index is 751. The Morgan fingerprint density at radius 2 is 1.69 bits per heavy atom. The van der Waals surface area contributed by atoms with Gasteiger partial charge in [-0.1, -0.05) is 25.0 Å². The smallest absolute Gasteiger partial charge is 0.370 e. The van der Waals surface area contributed by atoms with E-state index in [1.807, 2.05) is 0 Å². The summed E-state index contributed by atoms with van der Waals surface area (Å²) in [6, 6.07) is 8.24. The molecule has 0 saturated carbocycles. The molecule has 2 heterocycles. The lowest BCUT2D eigenvalue weighted by atomic mass is 10.1. The second kappa shape index (κ2) is 7.76. The van der Waals surface area contributed by atoms with Crippen molar-refractivity contribution < 1.29 is 18.0 Å². The summed E-state index contributed by atoms with van der Waals surface area (Å²) >= 11 is 0. The number of hydrogen-bond acceptors (Lipinski definition) is 3. The highest BCUT2D eigenvalue weighted by molar-refractivity contribution is 6.03. The largest absolute Gasteiger partial charge is 0.418 e. The van der Waals surface area contributed by atoms with Crippen LogP contribution in [0.15, 0.2) is 42.6 Å². The average Bonchev–Trinajstić information content (AvgIpc) is 2.91. The van der Waals surface area contributed by atoms with Gasteiger partial charge in [0.25, 0.3) is 5.91 Å². The number of carbonyl (C=O) groups is 1. The highest BCUT2D eigenvalue weighted by atomic mass is 19.4. The van der Waals surface area contributed by atoms with E-state index in [1.54, 1.807) is 18.3 Å². The number of carbonyl (C=O) groups excluding carboxylic acids is 1. The van der Waals surface area contributed by atoms with E-state index >= 15 is 0 Å². The average molecular weight is 363 g/mol. The van der Waals surface area contributed by atoms with Crippen LogP contribution >= 0.6 is 0 Å². The molecule has 0 aliphatic carbocycles. The fourth-order valence-electron chi connectivity index (χ4n) is 3.06. The highest BCUT2D eigenvalue weighted by Gasteiger charge is 2.33. The molecule has 4 nitrogen and oxygen atoms in total. The van der Waals surface area contributed by atoms with Gasteiger partial charge >= 0.3 is 6.18 Å². The molecule has 0 spiro atoms. The predicted octanol–water partition coefficient (Wildman–Crippen LogP) is 4.73. The molecule has 1 saturated heterocycles. The zero-order valence-electron chi connectivity index (χ0n) is 14.2. The van der Waals surface area contributed by atoms with Crippen LogP contribution in [0.2, 0.25) is 0 Å². The van der Waals surface area contributed by atoms with Crippen LogP contribution in [0.3, 0.4) is 0 Å². The van der Waals surface area contributed by atoms with E-state index in [4.69, 9.17) is 0 Å². The van der Waals surface area contributed by atoms with Gasteiger partial charge in [-0.05, 0) is 37.1 Å². The number of benzene rings is 1. The number of nitrogens with one attached hydrogen (secondary N) is 1. The second-order valence-corrected chi connectivity index (χ2v) is 6.30. The van der Waals surface area contributed by atoms with Crippen molar-refractivity contribution in [1.82, 2.24) is 4.98 Å². The highest BCUT2D eigenvalue weighted by Crippen LogP contribution is 2.34. The van der Waals surface area contributed by atoms with Crippen LogP contribution in [0, 0.1) is 0 Å². The van der Waals surface area contributed by atoms with Crippen molar-refractivity contribution in [1.29, 1.82) is 0 Å². The molecule has 1 fully saturated rings. The molecule has 7 heteroatoms. The van der Waals surface area contributed by atoms with Crippen molar-refractivity contribution in [2.75, 3.05) is 23.3 Å². The maximum Gasteiger partial charge on any atom is 0.418 e. The van der Waals surface area contributed by atoms with Crippen molar-refractivity contribution in [3.05, 3.63) is 53.9 Å². The Kier molecular flexibility index (Phi) is 5.44. The van der Waals surface area contributed by atoms with E-state index in [2.05, 4.69) is 15.2 Å². The van der Waals surface area contributed by atoms with E-state index in [0.717, 1.165) is 37.7 Å². The van der Waals surface area contributed by atoms with E-state index in [1.165, 1.54) is 31.0 Å². The van der Waals surface area contributed by atoms with Crippen LogP contribution < -0.4 is 10.2 Å². The standard InChI is InChI=1S/C19H20F3N3O/c20-19(21,22)15-7-3-4-8-16(15)24-18(26)17-10-9-14(13-23-17)25-11-5-1-2-6-12-25/h3-4,7-10,13H,1-2,5-6,11-12H2,(H,24,26). The number of hydrogen-bond donors (Lipinski definition) is 1. The molecule has 0 bridgehead atoms. The first-order valence-corrected chi connectivity index (χ1v) is 8.64. The Hall–Kier alpha value is -2.57. The van der Waals surface area contributed by atoms with Crippen LogP contribution in [0.1, 0.15) is 41.7 Å². The molecule has 2 aromatic rings. The monoisotopic (exact) mass is 363 g/mol. The summed E-state index contributed by atoms with van der Waals surface area (Å²) < 4.78 is 39.1. The first-order chi connectivity index (χ1) is 12.4. The minimum atomic E-state index is -4.53. The molecule has 3 rings (SSSR count). The molecule has 0 atom stereocenters. The molecule has 1 amide bonds. The second-order valence-electron chi connectivity index (χ2n) is 6.30. The molecule has 1 aliphatic rings. The summed E-state index contributed by atoms with van der Waals surface area (Å²) in [4.78, 5) is 18.6. The van der Waals surface area contributed by atoms with Crippen LogP contribution in [0.5, 0.6) is 0 Å². The summed E-state index contributed by atoms with van der Waals surface area (Å²) in [5.74, 6) is -0.663. The van der Waals surface area contributed by atoms with Gasteiger partial charge in [-0.25, -0.2) is 4.98 Å². The molecule has 1 N–H and O–H groups in total. The minimum absolute atomic E-state index is 0.0838. The summed E-state index contributed by atoms with van der Waals surface area (Å²) in [6.07, 6.45) is 1.74. The van der Waals surface area contributed by atoms with Gasteiger partial charge in [0.15, 0.2) is 0 Å². The van der Waals surface area contributed by atoms with Gasteiger partial charge in [0.1, 0.15) is 5.69 Å². The summed E-state index contributed by atoms with van der Waals surface area (Å²) in [5, 5.41) is 2.31. The normalized spacial score (nSPS) is 15.4. The number of pyridine rings is 1. The topological polar surface area (TPSA) is 45.2 Å². The predicted molar refractivity (Wildman–Crippen MR) is 94.3 cm³/mol. The number of nitrogens with zero attached hydrogens (tertiary/aromatic N) is 2. The lowest BCUT2D eigenvalue weighted by Crippen LogP contribution is -2.24. The molecule has 1 aromatic heterocycles. The third-order valence-electron chi connectivity index (χ3n) is 4.43. The van der Waals surface area contributed by atoms with E-state index < -0.39 is 17.6 Å². The van der Waals surface area contributed by atoms with Crippen molar-refractivity contribution in [2.24, 2.45) is 0 Å². The molecule has 0 radical (unpaired) electrons. The zero-order chi connectivity index (χ0) is 18.6. The van der Waals surface area contributed by atoms with Gasteiger partial charge < -0.3 is 10.2 Å². The summed E-state index contributed by atoms with van der Waals surface area (Å²) in [5.41, 5.74) is -0.141. The van der Waals surface area contributed by atoms with Crippen molar-refractivity contribution in [3.8, 4) is 0 Å². The molecule has 26 heavy (non-hydrogen) atoms. The molecule has 0 unspecified atom stereocenters.